The van der Waals surface area contributed by atoms with Crippen LogP contribution in [0.5, 0.6) is 11.5 Å². The average Bonchev–Trinajstić information content (AvgIpc) is 2.59. The Morgan fingerprint density at radius 1 is 1.12 bits per heavy atom. The van der Waals surface area contributed by atoms with E-state index in [9.17, 15) is 14.7 Å². The molecule has 2 rings (SSSR count). The maximum atomic E-state index is 11.8. The van der Waals surface area contributed by atoms with E-state index in [1.165, 1.54) is 18.3 Å². The van der Waals surface area contributed by atoms with Crippen molar-refractivity contribution in [2.75, 3.05) is 25.5 Å². The lowest BCUT2D eigenvalue weighted by Gasteiger charge is -2.09. The summed E-state index contributed by atoms with van der Waals surface area (Å²) in [6, 6.07) is 9.40. The van der Waals surface area contributed by atoms with Crippen LogP contribution >= 0.6 is 0 Å². The molecule has 24 heavy (non-hydrogen) atoms. The second-order valence-electron chi connectivity index (χ2n) is 4.74. The third-order valence-electron chi connectivity index (χ3n) is 3.05. The Kier molecular flexibility index (Phi) is 5.95. The van der Waals surface area contributed by atoms with E-state index in [1.54, 1.807) is 31.4 Å². The molecule has 8 heteroatoms. The molecule has 0 atom stereocenters. The molecule has 1 aromatic carbocycles. The summed E-state index contributed by atoms with van der Waals surface area (Å²) in [7, 11) is 1.56. The van der Waals surface area contributed by atoms with Crippen molar-refractivity contribution in [1.29, 1.82) is 0 Å². The molecule has 0 radical (unpaired) electrons. The maximum absolute atomic E-state index is 11.8. The number of hydrogen-bond acceptors (Lipinski definition) is 5. The van der Waals surface area contributed by atoms with Crippen LogP contribution < -0.4 is 20.7 Å². The standard InChI is InChI=1S/C16H18N4O4/c1-24-12-6-4-11(5-7-12)20-16(23)19-10-9-18-15(22)14-13(21)3-2-8-17-14/h2-8,21H,9-10H2,1H3,(H,18,22)(H2,19,20,23). The number of carbonyl (C=O) groups excluding carboxylic acids is 2. The number of aromatic hydroxyl groups is 1. The van der Waals surface area contributed by atoms with E-state index < -0.39 is 11.9 Å². The molecule has 126 valence electrons. The zero-order valence-corrected chi connectivity index (χ0v) is 13.1. The second kappa shape index (κ2) is 8.37. The van der Waals surface area contributed by atoms with Gasteiger partial charge >= 0.3 is 6.03 Å². The minimum atomic E-state index is -0.509. The highest BCUT2D eigenvalue weighted by molar-refractivity contribution is 5.94. The number of methoxy groups -OCH3 is 1. The lowest BCUT2D eigenvalue weighted by atomic mass is 10.3. The number of amides is 3. The SMILES string of the molecule is COc1ccc(NC(=O)NCCNC(=O)c2ncccc2O)cc1. The fourth-order valence-electron chi connectivity index (χ4n) is 1.86. The predicted octanol–water partition coefficient (Wildman–Crippen LogP) is 1.35. The Morgan fingerprint density at radius 3 is 2.50 bits per heavy atom. The number of pyridine rings is 1. The molecule has 2 aromatic rings. The van der Waals surface area contributed by atoms with Crippen molar-refractivity contribution < 1.29 is 19.4 Å². The monoisotopic (exact) mass is 330 g/mol. The van der Waals surface area contributed by atoms with Gasteiger partial charge in [0.2, 0.25) is 0 Å². The Balaban J connectivity index is 1.70. The number of carbonyl (C=O) groups is 2. The maximum Gasteiger partial charge on any atom is 0.319 e. The second-order valence-corrected chi connectivity index (χ2v) is 4.74. The third kappa shape index (κ3) is 4.87. The summed E-state index contributed by atoms with van der Waals surface area (Å²) in [5.41, 5.74) is 0.566. The van der Waals surface area contributed by atoms with Gasteiger partial charge in [-0.05, 0) is 36.4 Å². The summed E-state index contributed by atoms with van der Waals surface area (Å²) in [4.78, 5) is 27.3. The van der Waals surface area contributed by atoms with Crippen LogP contribution in [-0.2, 0) is 0 Å². The number of benzene rings is 1. The van der Waals surface area contributed by atoms with E-state index in [0.717, 1.165) is 0 Å². The van der Waals surface area contributed by atoms with Crippen LogP contribution in [0.15, 0.2) is 42.6 Å². The van der Waals surface area contributed by atoms with Gasteiger partial charge in [-0.25, -0.2) is 9.78 Å². The van der Waals surface area contributed by atoms with Gasteiger partial charge in [-0.3, -0.25) is 4.79 Å². The molecule has 3 amide bonds. The molecule has 0 fully saturated rings. The largest absolute Gasteiger partial charge is 0.505 e. The van der Waals surface area contributed by atoms with Crippen LogP contribution in [0.1, 0.15) is 10.5 Å². The predicted molar refractivity (Wildman–Crippen MR) is 88.3 cm³/mol. The van der Waals surface area contributed by atoms with Crippen molar-refractivity contribution >= 4 is 17.6 Å². The van der Waals surface area contributed by atoms with E-state index >= 15 is 0 Å². The molecule has 0 saturated heterocycles. The number of ether oxygens (including phenoxy) is 1. The lowest BCUT2D eigenvalue weighted by molar-refractivity contribution is 0.0946. The quantitative estimate of drug-likeness (QED) is 0.597. The summed E-state index contributed by atoms with van der Waals surface area (Å²) >= 11 is 0. The molecule has 8 nitrogen and oxygen atoms in total. The van der Waals surface area contributed by atoms with Crippen LogP contribution in [0.3, 0.4) is 0 Å². The van der Waals surface area contributed by atoms with Gasteiger partial charge in [-0.1, -0.05) is 0 Å². The molecule has 0 bridgehead atoms. The Labute approximate surface area is 138 Å². The molecule has 0 aliphatic heterocycles. The average molecular weight is 330 g/mol. The first-order chi connectivity index (χ1) is 11.6. The van der Waals surface area contributed by atoms with Crippen molar-refractivity contribution in [2.24, 2.45) is 0 Å². The fraction of sp³-hybridized carbons (Fsp3) is 0.188. The minimum absolute atomic E-state index is 0.0554. The Bertz CT molecular complexity index is 703. The molecule has 0 unspecified atom stereocenters. The Hall–Kier alpha value is -3.29. The molecule has 0 saturated carbocycles. The van der Waals surface area contributed by atoms with Gasteiger partial charge < -0.3 is 25.8 Å². The topological polar surface area (TPSA) is 113 Å². The summed E-state index contributed by atoms with van der Waals surface area (Å²) < 4.78 is 5.03. The summed E-state index contributed by atoms with van der Waals surface area (Å²) in [5.74, 6) is -0.00730. The van der Waals surface area contributed by atoms with E-state index in [-0.39, 0.29) is 24.5 Å². The van der Waals surface area contributed by atoms with Crippen LogP contribution in [-0.4, -0.2) is 42.2 Å². The lowest BCUT2D eigenvalue weighted by Crippen LogP contribution is -2.37. The van der Waals surface area contributed by atoms with Gasteiger partial charge in [0.1, 0.15) is 11.5 Å². The normalized spacial score (nSPS) is 9.88. The van der Waals surface area contributed by atoms with Gasteiger partial charge in [0.15, 0.2) is 5.69 Å². The highest BCUT2D eigenvalue weighted by atomic mass is 16.5. The molecule has 0 spiro atoms. The molecule has 1 heterocycles. The highest BCUT2D eigenvalue weighted by Gasteiger charge is 2.11. The zero-order valence-electron chi connectivity index (χ0n) is 13.1. The number of nitrogens with one attached hydrogen (secondary N) is 3. The van der Waals surface area contributed by atoms with Gasteiger partial charge in [-0.2, -0.15) is 0 Å². The summed E-state index contributed by atoms with van der Waals surface area (Å²) in [6.07, 6.45) is 1.41. The number of rotatable bonds is 6. The van der Waals surface area contributed by atoms with Crippen molar-refractivity contribution in [2.45, 2.75) is 0 Å². The van der Waals surface area contributed by atoms with E-state index in [0.29, 0.717) is 11.4 Å². The van der Waals surface area contributed by atoms with Crippen LogP contribution in [0.25, 0.3) is 0 Å². The van der Waals surface area contributed by atoms with Gasteiger partial charge in [0.05, 0.1) is 7.11 Å². The van der Waals surface area contributed by atoms with Crippen molar-refractivity contribution in [1.82, 2.24) is 15.6 Å². The fourth-order valence-corrected chi connectivity index (χ4v) is 1.86. The van der Waals surface area contributed by atoms with E-state index in [2.05, 4.69) is 20.9 Å². The van der Waals surface area contributed by atoms with Gasteiger partial charge in [-0.15, -0.1) is 0 Å². The first kappa shape index (κ1) is 17.1. The first-order valence-electron chi connectivity index (χ1n) is 7.21. The number of urea groups is 1. The van der Waals surface area contributed by atoms with Crippen LogP contribution in [0, 0.1) is 0 Å². The molecule has 0 aliphatic carbocycles. The minimum Gasteiger partial charge on any atom is -0.505 e. The van der Waals surface area contributed by atoms with E-state index in [4.69, 9.17) is 4.74 Å². The third-order valence-corrected chi connectivity index (χ3v) is 3.05. The van der Waals surface area contributed by atoms with E-state index in [1.807, 2.05) is 0 Å². The van der Waals surface area contributed by atoms with Gasteiger partial charge in [0, 0.05) is 25.0 Å². The summed E-state index contributed by atoms with van der Waals surface area (Å²) in [6.45, 7) is 0.423. The Morgan fingerprint density at radius 2 is 1.83 bits per heavy atom. The summed E-state index contributed by atoms with van der Waals surface area (Å²) in [5, 5.41) is 17.3. The van der Waals surface area contributed by atoms with Crippen LogP contribution in [0.2, 0.25) is 0 Å². The molecule has 0 aliphatic rings. The van der Waals surface area contributed by atoms with Crippen molar-refractivity contribution in [3.63, 3.8) is 0 Å². The number of hydrogen-bond donors (Lipinski definition) is 4. The highest BCUT2D eigenvalue weighted by Crippen LogP contribution is 2.14. The number of nitrogens with zero attached hydrogens (tertiary/aromatic N) is 1. The van der Waals surface area contributed by atoms with Gasteiger partial charge in [0.25, 0.3) is 5.91 Å². The zero-order chi connectivity index (χ0) is 17.4. The number of anilines is 1. The van der Waals surface area contributed by atoms with Crippen molar-refractivity contribution in [3.8, 4) is 11.5 Å². The number of aromatic nitrogens is 1. The first-order valence-corrected chi connectivity index (χ1v) is 7.21. The molecular formula is C16H18N4O4. The van der Waals surface area contributed by atoms with Crippen LogP contribution in [0.4, 0.5) is 10.5 Å². The van der Waals surface area contributed by atoms with Crippen molar-refractivity contribution in [3.05, 3.63) is 48.3 Å². The molecule has 4 N–H and O–H groups in total. The molecule has 1 aromatic heterocycles. The smallest absolute Gasteiger partial charge is 0.319 e. The molecular weight excluding hydrogens is 312 g/mol.